The molecule has 0 bridgehead atoms. The van der Waals surface area contributed by atoms with Crippen LogP contribution in [0.25, 0.3) is 0 Å². The summed E-state index contributed by atoms with van der Waals surface area (Å²) in [5, 5.41) is 20.6. The predicted molar refractivity (Wildman–Crippen MR) is 132 cm³/mol. The smallest absolute Gasteiger partial charge is 0.335 e. The zero-order valence-electron chi connectivity index (χ0n) is 19.0. The first-order chi connectivity index (χ1) is 15.9. The van der Waals surface area contributed by atoms with Crippen molar-refractivity contribution in [3.05, 3.63) is 70.8 Å². The molecule has 1 heterocycles. The van der Waals surface area contributed by atoms with Crippen molar-refractivity contribution in [2.24, 2.45) is 11.8 Å². The van der Waals surface area contributed by atoms with E-state index >= 15 is 0 Å². The van der Waals surface area contributed by atoms with Gasteiger partial charge in [-0.05, 0) is 72.6 Å². The molecule has 4 rings (SSSR count). The largest absolute Gasteiger partial charge is 0.491 e. The van der Waals surface area contributed by atoms with E-state index in [4.69, 9.17) is 16.3 Å². The van der Waals surface area contributed by atoms with Gasteiger partial charge in [-0.2, -0.15) is 0 Å². The predicted octanol–water partition coefficient (Wildman–Crippen LogP) is 5.55. The lowest BCUT2D eigenvalue weighted by Crippen LogP contribution is -2.43. The summed E-state index contributed by atoms with van der Waals surface area (Å²) in [5.74, 6) is 0.368. The van der Waals surface area contributed by atoms with Crippen LogP contribution < -0.4 is 9.64 Å². The van der Waals surface area contributed by atoms with Crippen LogP contribution >= 0.6 is 11.6 Å². The number of aliphatic hydroxyl groups excluding tert-OH is 1. The van der Waals surface area contributed by atoms with Crippen molar-refractivity contribution >= 4 is 23.3 Å². The molecule has 1 saturated carbocycles. The molecule has 2 aliphatic rings. The number of fused-ring (bicyclic) bond motifs is 1. The molecule has 33 heavy (non-hydrogen) atoms. The first kappa shape index (κ1) is 23.7. The van der Waals surface area contributed by atoms with E-state index in [2.05, 4.69) is 24.5 Å². The SMILES string of the molecule is C=CC(O)C1CC[C@H]1CN1CC(c2ccc(Cl)cc2CCC)COc2ccc(C(=O)O)cc21. The average molecular weight is 470 g/mol. The number of hydrogen-bond donors (Lipinski definition) is 2. The number of carboxylic acids is 1. The summed E-state index contributed by atoms with van der Waals surface area (Å²) in [7, 11) is 0. The number of halogens is 1. The van der Waals surface area contributed by atoms with Crippen LogP contribution in [0.4, 0.5) is 5.69 Å². The fourth-order valence-electron chi connectivity index (χ4n) is 5.18. The van der Waals surface area contributed by atoms with Gasteiger partial charge in [0, 0.05) is 24.0 Å². The Morgan fingerprint density at radius 3 is 2.79 bits per heavy atom. The Labute approximate surface area is 200 Å². The van der Waals surface area contributed by atoms with Gasteiger partial charge in [-0.25, -0.2) is 4.79 Å². The molecule has 0 aromatic heterocycles. The lowest BCUT2D eigenvalue weighted by molar-refractivity contribution is 0.0465. The van der Waals surface area contributed by atoms with Gasteiger partial charge in [-0.15, -0.1) is 6.58 Å². The molecule has 0 saturated heterocycles. The van der Waals surface area contributed by atoms with Crippen molar-refractivity contribution in [3.8, 4) is 5.75 Å². The zero-order chi connectivity index (χ0) is 23.5. The van der Waals surface area contributed by atoms with Crippen molar-refractivity contribution in [1.82, 2.24) is 0 Å². The number of aliphatic hydroxyl groups is 1. The second-order valence-electron chi connectivity index (χ2n) is 9.22. The number of carbonyl (C=O) groups is 1. The third-order valence-electron chi connectivity index (χ3n) is 7.10. The lowest BCUT2D eigenvalue weighted by Gasteiger charge is -2.42. The quantitative estimate of drug-likeness (QED) is 0.496. The number of aryl methyl sites for hydroxylation is 1. The summed E-state index contributed by atoms with van der Waals surface area (Å²) >= 11 is 6.30. The summed E-state index contributed by atoms with van der Waals surface area (Å²) in [5.41, 5.74) is 3.52. The second-order valence-corrected chi connectivity index (χ2v) is 9.66. The third kappa shape index (κ3) is 5.04. The van der Waals surface area contributed by atoms with Crippen LogP contribution in [0.1, 0.15) is 53.6 Å². The van der Waals surface area contributed by atoms with E-state index in [0.29, 0.717) is 24.8 Å². The van der Waals surface area contributed by atoms with E-state index in [1.165, 1.54) is 11.1 Å². The summed E-state index contributed by atoms with van der Waals surface area (Å²) in [6.45, 7) is 7.87. The number of anilines is 1. The molecule has 0 radical (unpaired) electrons. The maximum Gasteiger partial charge on any atom is 0.335 e. The van der Waals surface area contributed by atoms with Crippen LogP contribution in [-0.2, 0) is 6.42 Å². The number of carboxylic acid groups (broad SMARTS) is 1. The minimum Gasteiger partial charge on any atom is -0.491 e. The molecule has 4 atom stereocenters. The van der Waals surface area contributed by atoms with Crippen molar-refractivity contribution in [2.45, 2.75) is 44.6 Å². The Hall–Kier alpha value is -2.50. The van der Waals surface area contributed by atoms with Crippen molar-refractivity contribution in [1.29, 1.82) is 0 Å². The molecule has 2 N–H and O–H groups in total. The lowest BCUT2D eigenvalue weighted by atomic mass is 9.70. The van der Waals surface area contributed by atoms with Gasteiger partial charge >= 0.3 is 5.97 Å². The van der Waals surface area contributed by atoms with Gasteiger partial charge < -0.3 is 19.8 Å². The molecule has 1 aliphatic heterocycles. The highest BCUT2D eigenvalue weighted by Gasteiger charge is 2.37. The van der Waals surface area contributed by atoms with E-state index in [-0.39, 0.29) is 17.4 Å². The molecule has 0 spiro atoms. The fraction of sp³-hybridized carbons (Fsp3) is 0.444. The Kier molecular flexibility index (Phi) is 7.30. The van der Waals surface area contributed by atoms with E-state index in [1.807, 2.05) is 12.1 Å². The Bertz CT molecular complexity index is 1020. The molecule has 2 aromatic carbocycles. The highest BCUT2D eigenvalue weighted by Crippen LogP contribution is 2.42. The standard InChI is InChI=1S/C27H32ClNO4/c1-3-5-17-12-21(28)8-10-22(17)20-15-29(14-19-6-9-23(19)25(30)4-2)24-13-18(27(31)32)7-11-26(24)33-16-20/h4,7-8,10-13,19-20,23,25,30H,2-3,5-6,9,14-16H2,1H3,(H,31,32)/t19-,20?,23?,25?/m0/s1. The minimum atomic E-state index is -0.954. The van der Waals surface area contributed by atoms with Crippen LogP contribution in [0.2, 0.25) is 5.02 Å². The Morgan fingerprint density at radius 1 is 1.30 bits per heavy atom. The monoisotopic (exact) mass is 469 g/mol. The Morgan fingerprint density at radius 2 is 2.12 bits per heavy atom. The van der Waals surface area contributed by atoms with E-state index in [0.717, 1.165) is 42.9 Å². The molecule has 1 fully saturated rings. The van der Waals surface area contributed by atoms with Gasteiger partial charge in [0.05, 0.1) is 24.0 Å². The van der Waals surface area contributed by atoms with Crippen molar-refractivity contribution in [2.75, 3.05) is 24.6 Å². The van der Waals surface area contributed by atoms with Gasteiger partial charge in [0.15, 0.2) is 0 Å². The minimum absolute atomic E-state index is 0.118. The maximum atomic E-state index is 11.7. The van der Waals surface area contributed by atoms with Crippen LogP contribution in [0.5, 0.6) is 5.75 Å². The van der Waals surface area contributed by atoms with Crippen LogP contribution in [-0.4, -0.2) is 42.0 Å². The number of hydrogen-bond acceptors (Lipinski definition) is 4. The van der Waals surface area contributed by atoms with E-state index in [1.54, 1.807) is 24.3 Å². The molecular weight excluding hydrogens is 438 g/mol. The summed E-state index contributed by atoms with van der Waals surface area (Å²) in [4.78, 5) is 13.9. The number of aromatic carboxylic acids is 1. The van der Waals surface area contributed by atoms with Crippen molar-refractivity contribution in [3.63, 3.8) is 0 Å². The zero-order valence-corrected chi connectivity index (χ0v) is 19.8. The molecule has 1 aliphatic carbocycles. The van der Waals surface area contributed by atoms with Gasteiger partial charge in [0.1, 0.15) is 5.75 Å². The average Bonchev–Trinajstić information content (AvgIpc) is 2.96. The van der Waals surface area contributed by atoms with Gasteiger partial charge in [0.2, 0.25) is 0 Å². The molecule has 6 heteroatoms. The third-order valence-corrected chi connectivity index (χ3v) is 7.34. The highest BCUT2D eigenvalue weighted by atomic mass is 35.5. The molecule has 2 aromatic rings. The highest BCUT2D eigenvalue weighted by molar-refractivity contribution is 6.30. The topological polar surface area (TPSA) is 70.0 Å². The molecule has 0 amide bonds. The van der Waals surface area contributed by atoms with Crippen LogP contribution in [0, 0.1) is 11.8 Å². The normalized spacial score (nSPS) is 23.0. The second kappa shape index (κ2) is 10.2. The Balaban J connectivity index is 1.68. The van der Waals surface area contributed by atoms with E-state index < -0.39 is 12.1 Å². The summed E-state index contributed by atoms with van der Waals surface area (Å²) in [6, 6.07) is 11.2. The van der Waals surface area contributed by atoms with Gasteiger partial charge in [0.25, 0.3) is 0 Å². The maximum absolute atomic E-state index is 11.7. The summed E-state index contributed by atoms with van der Waals surface area (Å²) < 4.78 is 6.24. The molecule has 5 nitrogen and oxygen atoms in total. The van der Waals surface area contributed by atoms with Crippen LogP contribution in [0.15, 0.2) is 49.1 Å². The number of nitrogens with zero attached hydrogens (tertiary/aromatic N) is 1. The number of rotatable bonds is 8. The van der Waals surface area contributed by atoms with E-state index in [9.17, 15) is 15.0 Å². The molecule has 3 unspecified atom stereocenters. The summed E-state index contributed by atoms with van der Waals surface area (Å²) in [6.07, 6.45) is 5.08. The molecular formula is C27H32ClNO4. The van der Waals surface area contributed by atoms with Gasteiger partial charge in [-0.1, -0.05) is 37.1 Å². The molecule has 176 valence electrons. The number of ether oxygens (including phenoxy) is 1. The number of benzene rings is 2. The van der Waals surface area contributed by atoms with Crippen LogP contribution in [0.3, 0.4) is 0 Å². The van der Waals surface area contributed by atoms with Gasteiger partial charge in [-0.3, -0.25) is 0 Å². The first-order valence-electron chi connectivity index (χ1n) is 11.7. The first-order valence-corrected chi connectivity index (χ1v) is 12.1. The fourth-order valence-corrected chi connectivity index (χ4v) is 5.37. The van der Waals surface area contributed by atoms with Crippen molar-refractivity contribution < 1.29 is 19.7 Å².